The van der Waals surface area contributed by atoms with Crippen molar-refractivity contribution in [2.24, 2.45) is 0 Å². The summed E-state index contributed by atoms with van der Waals surface area (Å²) in [5.74, 6) is 0.240. The zero-order valence-electron chi connectivity index (χ0n) is 11.4. The van der Waals surface area contributed by atoms with Crippen LogP contribution in [0.4, 0.5) is 0 Å². The van der Waals surface area contributed by atoms with Crippen molar-refractivity contribution in [1.29, 1.82) is 0 Å². The Balaban J connectivity index is 1.95. The average molecular weight is 265 g/mol. The number of hydrogen-bond donors (Lipinski definition) is 1. The van der Waals surface area contributed by atoms with Crippen molar-refractivity contribution < 1.29 is 9.53 Å². The Morgan fingerprint density at radius 3 is 2.55 bits per heavy atom. The highest BCUT2D eigenvalue weighted by molar-refractivity contribution is 5.92. The minimum absolute atomic E-state index is 0.336. The molecule has 3 rings (SSSR count). The van der Waals surface area contributed by atoms with Crippen LogP contribution in [0.5, 0.6) is 5.75 Å². The highest BCUT2D eigenvalue weighted by atomic mass is 16.5. The van der Waals surface area contributed by atoms with Crippen LogP contribution in [0.3, 0.4) is 0 Å². The van der Waals surface area contributed by atoms with Crippen LogP contribution >= 0.6 is 0 Å². The molecular weight excluding hydrogens is 250 g/mol. The van der Waals surface area contributed by atoms with Crippen LogP contribution in [-0.4, -0.2) is 11.0 Å². The summed E-state index contributed by atoms with van der Waals surface area (Å²) in [7, 11) is 0. The number of aryl methyl sites for hydroxylation is 2. The van der Waals surface area contributed by atoms with E-state index in [1.807, 2.05) is 50.4 Å². The highest BCUT2D eigenvalue weighted by Gasteiger charge is 2.11. The molecule has 3 heteroatoms. The molecule has 0 spiro atoms. The van der Waals surface area contributed by atoms with Crippen molar-refractivity contribution >= 4 is 16.9 Å². The molecule has 0 unspecified atom stereocenters. The van der Waals surface area contributed by atoms with Crippen LogP contribution in [0, 0.1) is 13.8 Å². The van der Waals surface area contributed by atoms with E-state index in [4.69, 9.17) is 4.74 Å². The molecule has 0 atom stereocenters. The first-order chi connectivity index (χ1) is 9.65. The van der Waals surface area contributed by atoms with Crippen LogP contribution in [-0.2, 0) is 0 Å². The van der Waals surface area contributed by atoms with Gasteiger partial charge < -0.3 is 9.72 Å². The summed E-state index contributed by atoms with van der Waals surface area (Å²) >= 11 is 0. The number of ether oxygens (including phenoxy) is 1. The topological polar surface area (TPSA) is 42.1 Å². The molecule has 0 aliphatic carbocycles. The number of carbonyl (C=O) groups excluding carboxylic acids is 1. The zero-order valence-corrected chi connectivity index (χ0v) is 11.4. The lowest BCUT2D eigenvalue weighted by molar-refractivity contribution is 0.0735. The summed E-state index contributed by atoms with van der Waals surface area (Å²) in [5, 5.41) is 1.08. The van der Waals surface area contributed by atoms with Gasteiger partial charge in [-0.05, 0) is 49.2 Å². The second kappa shape index (κ2) is 4.85. The van der Waals surface area contributed by atoms with E-state index < -0.39 is 0 Å². The Morgan fingerprint density at radius 2 is 1.80 bits per heavy atom. The third-order valence-electron chi connectivity index (χ3n) is 3.39. The maximum Gasteiger partial charge on any atom is 0.343 e. The molecule has 0 bridgehead atoms. The number of fused-ring (bicyclic) bond motifs is 1. The molecule has 0 fully saturated rings. The predicted molar refractivity (Wildman–Crippen MR) is 79.2 cm³/mol. The summed E-state index contributed by atoms with van der Waals surface area (Å²) in [6, 6.07) is 12.8. The van der Waals surface area contributed by atoms with E-state index in [2.05, 4.69) is 4.98 Å². The molecule has 3 nitrogen and oxygen atoms in total. The van der Waals surface area contributed by atoms with Gasteiger partial charge in [0.15, 0.2) is 0 Å². The number of benzene rings is 2. The third-order valence-corrected chi connectivity index (χ3v) is 3.39. The van der Waals surface area contributed by atoms with Crippen molar-refractivity contribution in [2.45, 2.75) is 13.8 Å². The van der Waals surface area contributed by atoms with Crippen molar-refractivity contribution in [3.05, 3.63) is 65.4 Å². The SMILES string of the molecule is Cc1c[nH]c2c(C)cc(OC(=O)c3ccccc3)cc12. The van der Waals surface area contributed by atoms with Gasteiger partial charge in [0.25, 0.3) is 0 Å². The number of rotatable bonds is 2. The van der Waals surface area contributed by atoms with E-state index in [1.165, 1.54) is 0 Å². The van der Waals surface area contributed by atoms with Gasteiger partial charge in [-0.15, -0.1) is 0 Å². The second-order valence-electron chi connectivity index (χ2n) is 4.89. The molecule has 1 heterocycles. The first-order valence-corrected chi connectivity index (χ1v) is 6.51. The highest BCUT2D eigenvalue weighted by Crippen LogP contribution is 2.27. The van der Waals surface area contributed by atoms with Crippen LogP contribution in [0.15, 0.2) is 48.7 Å². The fourth-order valence-electron chi connectivity index (χ4n) is 2.31. The van der Waals surface area contributed by atoms with E-state index in [0.29, 0.717) is 11.3 Å². The summed E-state index contributed by atoms with van der Waals surface area (Å²) in [6.07, 6.45) is 1.96. The Kier molecular flexibility index (Phi) is 3.03. The molecule has 100 valence electrons. The van der Waals surface area contributed by atoms with E-state index in [9.17, 15) is 4.79 Å². The molecule has 1 aromatic heterocycles. The first kappa shape index (κ1) is 12.5. The fourth-order valence-corrected chi connectivity index (χ4v) is 2.31. The van der Waals surface area contributed by atoms with Crippen molar-refractivity contribution in [3.8, 4) is 5.75 Å². The van der Waals surface area contributed by atoms with Gasteiger partial charge in [0.05, 0.1) is 5.56 Å². The summed E-state index contributed by atoms with van der Waals surface area (Å²) in [4.78, 5) is 15.3. The number of nitrogens with one attached hydrogen (secondary N) is 1. The molecule has 0 aliphatic heterocycles. The van der Waals surface area contributed by atoms with Crippen LogP contribution in [0.1, 0.15) is 21.5 Å². The molecular formula is C17H15NO2. The largest absolute Gasteiger partial charge is 0.423 e. The van der Waals surface area contributed by atoms with E-state index >= 15 is 0 Å². The van der Waals surface area contributed by atoms with Crippen LogP contribution in [0.2, 0.25) is 0 Å². The minimum Gasteiger partial charge on any atom is -0.423 e. The molecule has 20 heavy (non-hydrogen) atoms. The van der Waals surface area contributed by atoms with Gasteiger partial charge in [-0.25, -0.2) is 4.79 Å². The molecule has 2 aromatic carbocycles. The zero-order chi connectivity index (χ0) is 14.1. The lowest BCUT2D eigenvalue weighted by Crippen LogP contribution is -2.08. The average Bonchev–Trinajstić information content (AvgIpc) is 2.82. The molecule has 0 radical (unpaired) electrons. The molecule has 3 aromatic rings. The van der Waals surface area contributed by atoms with E-state index in [0.717, 1.165) is 22.0 Å². The fraction of sp³-hybridized carbons (Fsp3) is 0.118. The molecule has 0 saturated heterocycles. The molecule has 1 N–H and O–H groups in total. The number of hydrogen-bond acceptors (Lipinski definition) is 2. The van der Waals surface area contributed by atoms with Gasteiger partial charge in [-0.1, -0.05) is 18.2 Å². The second-order valence-corrected chi connectivity index (χ2v) is 4.89. The predicted octanol–water partition coefficient (Wildman–Crippen LogP) is 4.00. The van der Waals surface area contributed by atoms with Gasteiger partial charge in [-0.3, -0.25) is 0 Å². The number of aromatic nitrogens is 1. The summed E-state index contributed by atoms with van der Waals surface area (Å²) in [5.41, 5.74) is 3.84. The molecule has 0 amide bonds. The Morgan fingerprint density at radius 1 is 1.05 bits per heavy atom. The molecule has 0 saturated carbocycles. The number of aromatic amines is 1. The summed E-state index contributed by atoms with van der Waals surface area (Å²) in [6.45, 7) is 4.03. The van der Waals surface area contributed by atoms with Crippen molar-refractivity contribution in [1.82, 2.24) is 4.98 Å². The third kappa shape index (κ3) is 2.18. The van der Waals surface area contributed by atoms with Crippen LogP contribution in [0.25, 0.3) is 10.9 Å². The van der Waals surface area contributed by atoms with E-state index in [-0.39, 0.29) is 5.97 Å². The van der Waals surface area contributed by atoms with Gasteiger partial charge in [-0.2, -0.15) is 0 Å². The van der Waals surface area contributed by atoms with Gasteiger partial charge in [0, 0.05) is 17.1 Å². The van der Waals surface area contributed by atoms with Crippen molar-refractivity contribution in [3.63, 3.8) is 0 Å². The first-order valence-electron chi connectivity index (χ1n) is 6.51. The number of esters is 1. The number of H-pyrrole nitrogens is 1. The Hall–Kier alpha value is -2.55. The lowest BCUT2D eigenvalue weighted by atomic mass is 10.1. The van der Waals surface area contributed by atoms with Gasteiger partial charge in [0.2, 0.25) is 0 Å². The molecule has 0 aliphatic rings. The Bertz CT molecular complexity index is 772. The van der Waals surface area contributed by atoms with Gasteiger partial charge >= 0.3 is 5.97 Å². The minimum atomic E-state index is -0.336. The van der Waals surface area contributed by atoms with Crippen molar-refractivity contribution in [2.75, 3.05) is 0 Å². The maximum atomic E-state index is 12.1. The van der Waals surface area contributed by atoms with Gasteiger partial charge in [0.1, 0.15) is 5.75 Å². The standard InChI is InChI=1S/C17H15NO2/c1-11-8-14(9-15-12(2)10-18-16(11)15)20-17(19)13-6-4-3-5-7-13/h3-10,18H,1-2H3. The van der Waals surface area contributed by atoms with E-state index in [1.54, 1.807) is 12.1 Å². The summed E-state index contributed by atoms with van der Waals surface area (Å²) < 4.78 is 5.46. The van der Waals surface area contributed by atoms with Crippen LogP contribution < -0.4 is 4.74 Å². The normalized spacial score (nSPS) is 10.7. The quantitative estimate of drug-likeness (QED) is 0.562. The smallest absolute Gasteiger partial charge is 0.343 e. The monoisotopic (exact) mass is 265 g/mol. The Labute approximate surface area is 117 Å². The number of carbonyl (C=O) groups is 1. The lowest BCUT2D eigenvalue weighted by Gasteiger charge is -2.06. The maximum absolute atomic E-state index is 12.1.